The average Bonchev–Trinajstić information content (AvgIpc) is 3.10. The Labute approximate surface area is 177 Å². The summed E-state index contributed by atoms with van der Waals surface area (Å²) in [7, 11) is 0. The van der Waals surface area contributed by atoms with E-state index in [9.17, 15) is 24.9 Å². The quantitative estimate of drug-likeness (QED) is 0.511. The maximum Gasteiger partial charge on any atom is 0.453 e. The fourth-order valence-corrected chi connectivity index (χ4v) is 4.00. The molecule has 4 rings (SSSR count). The zero-order valence-electron chi connectivity index (χ0n) is 15.8. The third-order valence-electron chi connectivity index (χ3n) is 5.40. The fraction of sp³-hybridized carbons (Fsp3) is 0.333. The van der Waals surface area contributed by atoms with Crippen molar-refractivity contribution in [1.82, 2.24) is 5.32 Å². The van der Waals surface area contributed by atoms with E-state index in [2.05, 4.69) is 5.32 Å². The summed E-state index contributed by atoms with van der Waals surface area (Å²) in [5.74, 6) is -6.00. The highest BCUT2D eigenvalue weighted by Crippen LogP contribution is 2.43. The van der Waals surface area contributed by atoms with Gasteiger partial charge < -0.3 is 30.1 Å². The average molecular weight is 434 g/mol. The van der Waals surface area contributed by atoms with Gasteiger partial charge in [-0.05, 0) is 60.2 Å². The van der Waals surface area contributed by atoms with Gasteiger partial charge in [0.2, 0.25) is 0 Å². The van der Waals surface area contributed by atoms with Crippen molar-refractivity contribution >= 4 is 23.5 Å². The molecular weight excluding hydrogens is 414 g/mol. The molecule has 0 amide bonds. The number of carboxylic acid groups (broad SMARTS) is 2. The molecule has 1 aliphatic carbocycles. The second-order valence-corrected chi connectivity index (χ2v) is 7.85. The number of fused-ring (bicyclic) bond motifs is 2. The fourth-order valence-electron chi connectivity index (χ4n) is 3.80. The molecule has 2 aliphatic rings. The molecule has 0 unspecified atom stereocenters. The summed E-state index contributed by atoms with van der Waals surface area (Å²) in [6.07, 6.45) is 1.43. The van der Waals surface area contributed by atoms with E-state index in [1.165, 1.54) is 0 Å². The van der Waals surface area contributed by atoms with Crippen LogP contribution in [-0.4, -0.2) is 45.6 Å². The Bertz CT molecular complexity index is 995. The molecule has 0 saturated carbocycles. The minimum Gasteiger partial charge on any atom is -0.475 e. The summed E-state index contributed by atoms with van der Waals surface area (Å²) in [4.78, 5) is 22.8. The number of rotatable bonds is 6. The second kappa shape index (κ2) is 7.79. The second-order valence-electron chi connectivity index (χ2n) is 7.42. The van der Waals surface area contributed by atoms with Crippen LogP contribution in [0.5, 0.6) is 11.5 Å². The Balaban J connectivity index is 1.44. The summed E-state index contributed by atoms with van der Waals surface area (Å²) < 4.78 is 10.4. The van der Waals surface area contributed by atoms with E-state index < -0.39 is 23.8 Å². The molecule has 158 valence electrons. The lowest BCUT2D eigenvalue weighted by Gasteiger charge is -2.27. The van der Waals surface area contributed by atoms with Crippen LogP contribution in [0.15, 0.2) is 36.4 Å². The van der Waals surface area contributed by atoms with Crippen molar-refractivity contribution in [3.8, 4) is 11.5 Å². The SMILES string of the molecule is O=C(O)C1(C(=O)O)Oc2cc3c(cc2O1)C[C@@H](NC[C@H](O)c1cccc(Cl)c1)CC3. The molecule has 0 spiro atoms. The van der Waals surface area contributed by atoms with Crippen LogP contribution in [0, 0.1) is 0 Å². The molecule has 2 aromatic rings. The number of benzene rings is 2. The standard InChI is InChI=1S/C21H20ClNO7/c22-14-3-1-2-12(6-14)16(24)10-23-15-5-4-11-8-17-18(9-13(11)7-15)30-21(29-17,19(25)26)20(27)28/h1-3,6,8-9,15-16,23-24H,4-5,7,10H2,(H,25,26)(H,27,28)/t15-,16-/m0/s1. The highest BCUT2D eigenvalue weighted by Gasteiger charge is 2.57. The van der Waals surface area contributed by atoms with Gasteiger partial charge in [0, 0.05) is 17.6 Å². The molecule has 1 heterocycles. The number of aryl methyl sites for hydroxylation is 1. The van der Waals surface area contributed by atoms with Gasteiger partial charge in [-0.25, -0.2) is 9.59 Å². The Kier molecular flexibility index (Phi) is 5.31. The summed E-state index contributed by atoms with van der Waals surface area (Å²) in [6.45, 7) is 0.353. The number of aliphatic hydroxyl groups is 1. The molecule has 0 saturated heterocycles. The number of carbonyl (C=O) groups is 2. The zero-order valence-corrected chi connectivity index (χ0v) is 16.6. The normalized spacial score (nSPS) is 19.7. The predicted octanol–water partition coefficient (Wildman–Crippen LogP) is 2.16. The lowest BCUT2D eigenvalue weighted by atomic mass is 9.87. The Morgan fingerprint density at radius 1 is 1.13 bits per heavy atom. The number of carboxylic acids is 2. The van der Waals surface area contributed by atoms with Gasteiger partial charge in [0.25, 0.3) is 0 Å². The van der Waals surface area contributed by atoms with Crippen LogP contribution < -0.4 is 14.8 Å². The number of ether oxygens (including phenoxy) is 2. The van der Waals surface area contributed by atoms with Gasteiger partial charge >= 0.3 is 17.7 Å². The van der Waals surface area contributed by atoms with Gasteiger partial charge in [-0.3, -0.25) is 0 Å². The number of aliphatic carboxylic acids is 2. The van der Waals surface area contributed by atoms with E-state index in [1.807, 2.05) is 6.07 Å². The van der Waals surface area contributed by atoms with Crippen molar-refractivity contribution in [2.24, 2.45) is 0 Å². The summed E-state index contributed by atoms with van der Waals surface area (Å²) in [6, 6.07) is 10.4. The van der Waals surface area contributed by atoms with Crippen molar-refractivity contribution in [3.63, 3.8) is 0 Å². The molecule has 1 aliphatic heterocycles. The molecule has 0 fully saturated rings. The van der Waals surface area contributed by atoms with Crippen LogP contribution >= 0.6 is 11.6 Å². The Morgan fingerprint density at radius 2 is 1.80 bits per heavy atom. The highest BCUT2D eigenvalue weighted by atomic mass is 35.5. The van der Waals surface area contributed by atoms with Crippen LogP contribution in [-0.2, 0) is 22.4 Å². The van der Waals surface area contributed by atoms with Crippen LogP contribution in [0.25, 0.3) is 0 Å². The van der Waals surface area contributed by atoms with E-state index in [4.69, 9.17) is 21.1 Å². The Hall–Kier alpha value is -2.81. The van der Waals surface area contributed by atoms with E-state index in [1.54, 1.807) is 30.3 Å². The maximum absolute atomic E-state index is 11.4. The van der Waals surface area contributed by atoms with Crippen LogP contribution in [0.4, 0.5) is 0 Å². The molecule has 2 atom stereocenters. The monoisotopic (exact) mass is 433 g/mol. The first-order valence-corrected chi connectivity index (χ1v) is 9.84. The van der Waals surface area contributed by atoms with E-state index >= 15 is 0 Å². The van der Waals surface area contributed by atoms with Crippen LogP contribution in [0.1, 0.15) is 29.2 Å². The summed E-state index contributed by atoms with van der Waals surface area (Å²) in [5, 5.41) is 32.8. The Morgan fingerprint density at radius 3 is 2.43 bits per heavy atom. The number of aliphatic hydroxyl groups excluding tert-OH is 1. The minimum atomic E-state index is -2.76. The van der Waals surface area contributed by atoms with Gasteiger partial charge in [-0.15, -0.1) is 0 Å². The topological polar surface area (TPSA) is 125 Å². The van der Waals surface area contributed by atoms with Gasteiger partial charge in [0.05, 0.1) is 6.10 Å². The lowest BCUT2D eigenvalue weighted by molar-refractivity contribution is -0.194. The first-order valence-electron chi connectivity index (χ1n) is 9.46. The summed E-state index contributed by atoms with van der Waals surface area (Å²) >= 11 is 5.97. The smallest absolute Gasteiger partial charge is 0.453 e. The molecule has 4 N–H and O–H groups in total. The molecule has 0 bridgehead atoms. The first kappa shape index (κ1) is 20.5. The van der Waals surface area contributed by atoms with Crippen molar-refractivity contribution in [1.29, 1.82) is 0 Å². The molecule has 9 heteroatoms. The lowest BCUT2D eigenvalue weighted by Crippen LogP contribution is -2.54. The van der Waals surface area contributed by atoms with Crippen molar-refractivity contribution in [3.05, 3.63) is 58.1 Å². The maximum atomic E-state index is 11.4. The van der Waals surface area contributed by atoms with Gasteiger partial charge in [-0.2, -0.15) is 0 Å². The molecule has 30 heavy (non-hydrogen) atoms. The molecule has 2 aromatic carbocycles. The van der Waals surface area contributed by atoms with Crippen molar-refractivity contribution < 1.29 is 34.4 Å². The third kappa shape index (κ3) is 3.69. The van der Waals surface area contributed by atoms with Gasteiger partial charge in [0.1, 0.15) is 0 Å². The third-order valence-corrected chi connectivity index (χ3v) is 5.63. The zero-order chi connectivity index (χ0) is 21.5. The molecule has 0 aromatic heterocycles. The number of hydrogen-bond donors (Lipinski definition) is 4. The highest BCUT2D eigenvalue weighted by molar-refractivity contribution is 6.30. The van der Waals surface area contributed by atoms with Crippen LogP contribution in [0.3, 0.4) is 0 Å². The van der Waals surface area contributed by atoms with Gasteiger partial charge in [-0.1, -0.05) is 23.7 Å². The van der Waals surface area contributed by atoms with E-state index in [0.29, 0.717) is 24.4 Å². The molecule has 8 nitrogen and oxygen atoms in total. The van der Waals surface area contributed by atoms with Crippen molar-refractivity contribution in [2.75, 3.05) is 6.54 Å². The largest absolute Gasteiger partial charge is 0.475 e. The van der Waals surface area contributed by atoms with Gasteiger partial charge in [0.15, 0.2) is 11.5 Å². The number of halogens is 1. The summed E-state index contributed by atoms with van der Waals surface area (Å²) in [5.41, 5.74) is 2.61. The molecular formula is C21H20ClNO7. The van der Waals surface area contributed by atoms with Crippen LogP contribution in [0.2, 0.25) is 5.02 Å². The van der Waals surface area contributed by atoms with Crippen molar-refractivity contribution in [2.45, 2.75) is 37.2 Å². The minimum absolute atomic E-state index is 0.0930. The predicted molar refractivity (Wildman–Crippen MR) is 106 cm³/mol. The number of hydrogen-bond acceptors (Lipinski definition) is 6. The van der Waals surface area contributed by atoms with E-state index in [-0.39, 0.29) is 17.5 Å². The first-order chi connectivity index (χ1) is 14.3. The number of nitrogens with one attached hydrogen (secondary N) is 1. The molecule has 0 radical (unpaired) electrons. The van der Waals surface area contributed by atoms with E-state index in [0.717, 1.165) is 23.1 Å².